The molecule has 1 heterocycles. The Morgan fingerprint density at radius 2 is 1.96 bits per heavy atom. The number of halogens is 1. The maximum Gasteiger partial charge on any atom is 0.326 e. The van der Waals surface area contributed by atoms with Crippen LogP contribution in [0.2, 0.25) is 5.02 Å². The molecule has 2 aromatic rings. The van der Waals surface area contributed by atoms with Crippen LogP contribution >= 0.6 is 11.6 Å². The second kappa shape index (κ2) is 8.16. The lowest BCUT2D eigenvalue weighted by Crippen LogP contribution is -2.45. The molecular formula is C18H22ClN3O3. The van der Waals surface area contributed by atoms with Crippen molar-refractivity contribution in [2.45, 2.75) is 39.7 Å². The zero-order valence-corrected chi connectivity index (χ0v) is 15.2. The van der Waals surface area contributed by atoms with Gasteiger partial charge in [0.05, 0.1) is 12.1 Å². The highest BCUT2D eigenvalue weighted by atomic mass is 35.5. The molecule has 1 aromatic heterocycles. The molecule has 7 heteroatoms. The molecule has 0 saturated carbocycles. The van der Waals surface area contributed by atoms with Crippen LogP contribution in [-0.4, -0.2) is 33.2 Å². The molecule has 0 spiro atoms. The van der Waals surface area contributed by atoms with Crippen molar-refractivity contribution in [2.24, 2.45) is 5.92 Å². The number of carbonyl (C=O) groups is 2. The van der Waals surface area contributed by atoms with Gasteiger partial charge in [-0.25, -0.2) is 4.79 Å². The molecule has 134 valence electrons. The Bertz CT molecular complexity index is 755. The summed E-state index contributed by atoms with van der Waals surface area (Å²) in [7, 11) is 0. The minimum atomic E-state index is -1.02. The first-order valence-electron chi connectivity index (χ1n) is 8.15. The van der Waals surface area contributed by atoms with E-state index >= 15 is 0 Å². The van der Waals surface area contributed by atoms with Crippen LogP contribution in [0.25, 0.3) is 11.3 Å². The fourth-order valence-corrected chi connectivity index (χ4v) is 2.71. The quantitative estimate of drug-likeness (QED) is 0.704. The zero-order valence-electron chi connectivity index (χ0n) is 14.5. The first-order chi connectivity index (χ1) is 11.8. The van der Waals surface area contributed by atoms with Gasteiger partial charge < -0.3 is 10.4 Å². The highest BCUT2D eigenvalue weighted by molar-refractivity contribution is 6.30. The minimum absolute atomic E-state index is 0.0561. The molecule has 0 radical (unpaired) electrons. The molecule has 0 aliphatic rings. The van der Waals surface area contributed by atoms with Gasteiger partial charge in [0.2, 0.25) is 5.91 Å². The van der Waals surface area contributed by atoms with E-state index in [-0.39, 0.29) is 18.2 Å². The maximum absolute atomic E-state index is 12.4. The van der Waals surface area contributed by atoms with E-state index in [0.717, 1.165) is 16.8 Å². The van der Waals surface area contributed by atoms with Gasteiger partial charge >= 0.3 is 5.97 Å². The van der Waals surface area contributed by atoms with Gasteiger partial charge in [0.25, 0.3) is 0 Å². The van der Waals surface area contributed by atoms with Crippen LogP contribution < -0.4 is 5.32 Å². The van der Waals surface area contributed by atoms with Crippen LogP contribution in [0.5, 0.6) is 0 Å². The summed E-state index contributed by atoms with van der Waals surface area (Å²) in [5.41, 5.74) is 3.02. The molecule has 0 bridgehead atoms. The van der Waals surface area contributed by atoms with Crippen LogP contribution in [0.1, 0.15) is 31.5 Å². The maximum atomic E-state index is 12.4. The normalized spacial score (nSPS) is 13.3. The standard InChI is InChI=1S/C18H22ClN3O3/c1-4-10(2)16(18(24)25)20-15(23)9-14-11(3)21-22-17(14)12-5-7-13(19)8-6-12/h5-8,10,16H,4,9H2,1-3H3,(H,20,23)(H,21,22)(H,24,25)/t10-,16-/m1/s1. The van der Waals surface area contributed by atoms with Gasteiger partial charge in [0.15, 0.2) is 0 Å². The number of benzene rings is 1. The third-order valence-electron chi connectivity index (χ3n) is 4.32. The molecule has 1 aromatic carbocycles. The van der Waals surface area contributed by atoms with Crippen molar-refractivity contribution in [3.63, 3.8) is 0 Å². The second-order valence-corrected chi connectivity index (χ2v) is 6.56. The summed E-state index contributed by atoms with van der Waals surface area (Å²) in [5.74, 6) is -1.51. The average molecular weight is 364 g/mol. The Labute approximate surface area is 151 Å². The van der Waals surface area contributed by atoms with Crippen molar-refractivity contribution >= 4 is 23.5 Å². The summed E-state index contributed by atoms with van der Waals surface area (Å²) >= 11 is 5.91. The highest BCUT2D eigenvalue weighted by Gasteiger charge is 2.26. The van der Waals surface area contributed by atoms with E-state index in [1.807, 2.05) is 26.0 Å². The molecule has 1 amide bonds. The van der Waals surface area contributed by atoms with E-state index in [1.54, 1.807) is 19.1 Å². The first-order valence-corrected chi connectivity index (χ1v) is 8.53. The Kier molecular flexibility index (Phi) is 6.20. The van der Waals surface area contributed by atoms with Gasteiger partial charge in [-0.2, -0.15) is 5.10 Å². The van der Waals surface area contributed by atoms with Crippen molar-refractivity contribution in [1.82, 2.24) is 15.5 Å². The molecule has 0 aliphatic carbocycles. The number of rotatable bonds is 7. The molecule has 25 heavy (non-hydrogen) atoms. The molecule has 3 N–H and O–H groups in total. The molecule has 6 nitrogen and oxygen atoms in total. The van der Waals surface area contributed by atoms with E-state index in [2.05, 4.69) is 15.5 Å². The van der Waals surface area contributed by atoms with Crippen LogP contribution in [0, 0.1) is 12.8 Å². The Hall–Kier alpha value is -2.34. The van der Waals surface area contributed by atoms with Gasteiger partial charge in [0.1, 0.15) is 6.04 Å². The molecule has 0 aliphatic heterocycles. The van der Waals surface area contributed by atoms with Crippen molar-refractivity contribution in [3.8, 4) is 11.3 Å². The molecule has 2 atom stereocenters. The number of carbonyl (C=O) groups excluding carboxylic acids is 1. The van der Waals surface area contributed by atoms with Crippen molar-refractivity contribution in [3.05, 3.63) is 40.5 Å². The number of carboxylic acid groups (broad SMARTS) is 1. The Morgan fingerprint density at radius 1 is 1.32 bits per heavy atom. The molecule has 0 fully saturated rings. The van der Waals surface area contributed by atoms with E-state index < -0.39 is 12.0 Å². The smallest absolute Gasteiger partial charge is 0.326 e. The lowest BCUT2D eigenvalue weighted by molar-refractivity contribution is -0.143. The number of aliphatic carboxylic acids is 1. The van der Waals surface area contributed by atoms with E-state index in [4.69, 9.17) is 11.6 Å². The summed E-state index contributed by atoms with van der Waals surface area (Å²) in [5, 5.41) is 19.7. The summed E-state index contributed by atoms with van der Waals surface area (Å²) in [6.45, 7) is 5.53. The molecule has 2 rings (SSSR count). The fourth-order valence-electron chi connectivity index (χ4n) is 2.58. The van der Waals surface area contributed by atoms with E-state index in [1.165, 1.54) is 0 Å². The number of hydrogen-bond donors (Lipinski definition) is 3. The Balaban J connectivity index is 2.20. The van der Waals surface area contributed by atoms with Crippen molar-refractivity contribution < 1.29 is 14.7 Å². The third kappa shape index (κ3) is 4.60. The van der Waals surface area contributed by atoms with Crippen molar-refractivity contribution in [2.75, 3.05) is 0 Å². The fraction of sp³-hybridized carbons (Fsp3) is 0.389. The number of carboxylic acids is 1. The number of H-pyrrole nitrogens is 1. The molecule has 0 saturated heterocycles. The number of aromatic amines is 1. The summed E-state index contributed by atoms with van der Waals surface area (Å²) in [6.07, 6.45) is 0.721. The number of aryl methyl sites for hydroxylation is 1. The van der Waals surface area contributed by atoms with Crippen molar-refractivity contribution in [1.29, 1.82) is 0 Å². The number of nitrogens with zero attached hydrogens (tertiary/aromatic N) is 1. The summed E-state index contributed by atoms with van der Waals surface area (Å²) in [6, 6.07) is 6.28. The van der Waals surface area contributed by atoms with Gasteiger partial charge in [-0.15, -0.1) is 0 Å². The average Bonchev–Trinajstić information content (AvgIpc) is 2.93. The van der Waals surface area contributed by atoms with Crippen LogP contribution in [-0.2, 0) is 16.0 Å². The lowest BCUT2D eigenvalue weighted by Gasteiger charge is -2.20. The second-order valence-electron chi connectivity index (χ2n) is 6.13. The zero-order chi connectivity index (χ0) is 18.6. The lowest BCUT2D eigenvalue weighted by atomic mass is 9.98. The predicted molar refractivity (Wildman–Crippen MR) is 96.5 cm³/mol. The predicted octanol–water partition coefficient (Wildman–Crippen LogP) is 3.20. The monoisotopic (exact) mass is 363 g/mol. The molecule has 0 unspecified atom stereocenters. The van der Waals surface area contributed by atoms with Crippen LogP contribution in [0.15, 0.2) is 24.3 Å². The summed E-state index contributed by atoms with van der Waals surface area (Å²) in [4.78, 5) is 23.8. The van der Waals surface area contributed by atoms with Gasteiger partial charge in [0, 0.05) is 21.8 Å². The minimum Gasteiger partial charge on any atom is -0.480 e. The van der Waals surface area contributed by atoms with Gasteiger partial charge in [-0.05, 0) is 25.0 Å². The SMILES string of the molecule is CC[C@@H](C)[C@@H](NC(=O)Cc1c(-c2ccc(Cl)cc2)n[nH]c1C)C(=O)O. The van der Waals surface area contributed by atoms with Gasteiger partial charge in [-0.1, -0.05) is 44.0 Å². The van der Waals surface area contributed by atoms with Gasteiger partial charge in [-0.3, -0.25) is 9.89 Å². The van der Waals surface area contributed by atoms with E-state index in [9.17, 15) is 14.7 Å². The third-order valence-corrected chi connectivity index (χ3v) is 4.58. The summed E-state index contributed by atoms with van der Waals surface area (Å²) < 4.78 is 0. The molecular weight excluding hydrogens is 342 g/mol. The topological polar surface area (TPSA) is 95.1 Å². The highest BCUT2D eigenvalue weighted by Crippen LogP contribution is 2.25. The van der Waals surface area contributed by atoms with Crippen LogP contribution in [0.3, 0.4) is 0 Å². The number of hydrogen-bond acceptors (Lipinski definition) is 3. The van der Waals surface area contributed by atoms with Crippen LogP contribution in [0.4, 0.5) is 0 Å². The first kappa shape index (κ1) is 19.0. The Morgan fingerprint density at radius 3 is 2.52 bits per heavy atom. The largest absolute Gasteiger partial charge is 0.480 e. The number of nitrogens with one attached hydrogen (secondary N) is 2. The number of amides is 1. The van der Waals surface area contributed by atoms with E-state index in [0.29, 0.717) is 17.1 Å². The number of aromatic nitrogens is 2.